The van der Waals surface area contributed by atoms with Crippen LogP contribution in [-0.4, -0.2) is 4.57 Å². The first kappa shape index (κ1) is 10.4. The minimum absolute atomic E-state index is 0.870. The van der Waals surface area contributed by atoms with Crippen molar-refractivity contribution < 1.29 is 0 Å². The van der Waals surface area contributed by atoms with Crippen molar-refractivity contribution >= 4 is 0 Å². The molecule has 3 rings (SSSR count). The molecule has 0 unspecified atom stereocenters. The first-order valence-electron chi connectivity index (χ1n) is 7.10. The van der Waals surface area contributed by atoms with Gasteiger partial charge in [0.2, 0.25) is 0 Å². The summed E-state index contributed by atoms with van der Waals surface area (Å²) in [6.07, 6.45) is 10.8. The van der Waals surface area contributed by atoms with Crippen LogP contribution in [0.2, 0.25) is 0 Å². The minimum atomic E-state index is 0.870. The van der Waals surface area contributed by atoms with Crippen LogP contribution >= 0.6 is 0 Å². The van der Waals surface area contributed by atoms with Crippen molar-refractivity contribution in [1.82, 2.24) is 4.57 Å². The molecule has 0 aliphatic carbocycles. The highest BCUT2D eigenvalue weighted by Crippen LogP contribution is 2.41. The standard InChI is InChI=1S/C15H23N/c1-3-6-13-12(4-2)14-8-5-7-11-9-10-15(13)16(11)14/h11H,3-10H2,1-2H3/t11-/m0/s1. The molecule has 0 fully saturated rings. The molecule has 0 radical (unpaired) electrons. The largest absolute Gasteiger partial charge is 0.345 e. The van der Waals surface area contributed by atoms with Crippen molar-refractivity contribution in [3.63, 3.8) is 0 Å². The Hall–Kier alpha value is -0.720. The van der Waals surface area contributed by atoms with Gasteiger partial charge in [0.05, 0.1) is 0 Å². The molecule has 2 aliphatic rings. The van der Waals surface area contributed by atoms with Gasteiger partial charge in [-0.1, -0.05) is 20.3 Å². The highest BCUT2D eigenvalue weighted by molar-refractivity contribution is 5.42. The Morgan fingerprint density at radius 3 is 2.62 bits per heavy atom. The molecule has 1 nitrogen and oxygen atoms in total. The lowest BCUT2D eigenvalue weighted by Crippen LogP contribution is -2.14. The third-order valence-corrected chi connectivity index (χ3v) is 4.53. The second-order valence-corrected chi connectivity index (χ2v) is 5.41. The SMILES string of the molecule is CCCc1c(CC)c2n3c1CC[C@@H]3CCC2. The zero-order valence-electron chi connectivity index (χ0n) is 10.7. The van der Waals surface area contributed by atoms with E-state index >= 15 is 0 Å². The maximum atomic E-state index is 2.74. The Morgan fingerprint density at radius 2 is 1.88 bits per heavy atom. The Kier molecular flexibility index (Phi) is 2.57. The van der Waals surface area contributed by atoms with E-state index in [4.69, 9.17) is 0 Å². The van der Waals surface area contributed by atoms with E-state index in [1.165, 1.54) is 51.4 Å². The Balaban J connectivity index is 2.15. The molecule has 1 aromatic heterocycles. The quantitative estimate of drug-likeness (QED) is 0.725. The highest BCUT2D eigenvalue weighted by Gasteiger charge is 2.32. The molecule has 0 N–H and O–H groups in total. The second-order valence-electron chi connectivity index (χ2n) is 5.41. The van der Waals surface area contributed by atoms with E-state index in [0.717, 1.165) is 6.04 Å². The van der Waals surface area contributed by atoms with Gasteiger partial charge in [-0.25, -0.2) is 0 Å². The first-order chi connectivity index (χ1) is 7.86. The molecule has 0 spiro atoms. The maximum Gasteiger partial charge on any atom is 0.0340 e. The predicted octanol–water partition coefficient (Wildman–Crippen LogP) is 3.83. The van der Waals surface area contributed by atoms with Crippen molar-refractivity contribution in [3.05, 3.63) is 22.5 Å². The van der Waals surface area contributed by atoms with Crippen LogP contribution in [0, 0.1) is 0 Å². The normalized spacial score (nSPS) is 22.5. The average molecular weight is 217 g/mol. The van der Waals surface area contributed by atoms with E-state index < -0.39 is 0 Å². The van der Waals surface area contributed by atoms with Crippen LogP contribution in [0.15, 0.2) is 0 Å². The Labute approximate surface area is 98.9 Å². The van der Waals surface area contributed by atoms with Crippen molar-refractivity contribution in [2.24, 2.45) is 0 Å². The fourth-order valence-corrected chi connectivity index (χ4v) is 3.96. The molecule has 1 atom stereocenters. The van der Waals surface area contributed by atoms with Crippen LogP contribution in [-0.2, 0) is 25.7 Å². The van der Waals surface area contributed by atoms with Gasteiger partial charge in [0.1, 0.15) is 0 Å². The number of rotatable bonds is 3. The lowest BCUT2D eigenvalue weighted by molar-refractivity contribution is 0.419. The summed E-state index contributed by atoms with van der Waals surface area (Å²) in [7, 11) is 0. The van der Waals surface area contributed by atoms with E-state index in [-0.39, 0.29) is 0 Å². The van der Waals surface area contributed by atoms with Gasteiger partial charge in [0.25, 0.3) is 0 Å². The molecule has 3 heterocycles. The van der Waals surface area contributed by atoms with Crippen molar-refractivity contribution in [3.8, 4) is 0 Å². The molecule has 0 saturated carbocycles. The summed E-state index contributed by atoms with van der Waals surface area (Å²) in [6.45, 7) is 4.65. The molecule has 0 amide bonds. The zero-order valence-corrected chi connectivity index (χ0v) is 10.7. The summed E-state index contributed by atoms with van der Waals surface area (Å²) in [4.78, 5) is 0. The van der Waals surface area contributed by atoms with E-state index in [2.05, 4.69) is 18.4 Å². The minimum Gasteiger partial charge on any atom is -0.345 e. The summed E-state index contributed by atoms with van der Waals surface area (Å²) < 4.78 is 2.74. The van der Waals surface area contributed by atoms with E-state index in [1.54, 1.807) is 22.5 Å². The fourth-order valence-electron chi connectivity index (χ4n) is 3.96. The Morgan fingerprint density at radius 1 is 1.06 bits per heavy atom. The topological polar surface area (TPSA) is 4.93 Å². The van der Waals surface area contributed by atoms with E-state index in [0.29, 0.717) is 0 Å². The summed E-state index contributed by atoms with van der Waals surface area (Å²) in [6, 6.07) is 0.870. The number of aromatic nitrogens is 1. The third kappa shape index (κ3) is 1.30. The summed E-state index contributed by atoms with van der Waals surface area (Å²) >= 11 is 0. The fraction of sp³-hybridized carbons (Fsp3) is 0.733. The molecular formula is C15H23N. The van der Waals surface area contributed by atoms with E-state index in [1.807, 2.05) is 0 Å². The monoisotopic (exact) mass is 217 g/mol. The van der Waals surface area contributed by atoms with Crippen LogP contribution in [0.5, 0.6) is 0 Å². The molecule has 1 aromatic rings. The summed E-state index contributed by atoms with van der Waals surface area (Å²) in [5, 5.41) is 0. The van der Waals surface area contributed by atoms with Crippen LogP contribution in [0.3, 0.4) is 0 Å². The molecular weight excluding hydrogens is 194 g/mol. The molecule has 0 aromatic carbocycles. The highest BCUT2D eigenvalue weighted by atomic mass is 15.1. The lowest BCUT2D eigenvalue weighted by atomic mass is 9.94. The van der Waals surface area contributed by atoms with Gasteiger partial charge in [-0.2, -0.15) is 0 Å². The molecule has 0 bridgehead atoms. The van der Waals surface area contributed by atoms with Crippen molar-refractivity contribution in [1.29, 1.82) is 0 Å². The molecule has 0 saturated heterocycles. The second kappa shape index (κ2) is 3.94. The predicted molar refractivity (Wildman–Crippen MR) is 68.1 cm³/mol. The number of hydrogen-bond donors (Lipinski definition) is 0. The summed E-state index contributed by atoms with van der Waals surface area (Å²) in [5.74, 6) is 0. The number of hydrogen-bond acceptors (Lipinski definition) is 0. The van der Waals surface area contributed by atoms with Gasteiger partial charge >= 0.3 is 0 Å². The average Bonchev–Trinajstić information content (AvgIpc) is 2.85. The van der Waals surface area contributed by atoms with Crippen LogP contribution in [0.1, 0.15) is 68.1 Å². The van der Waals surface area contributed by atoms with Gasteiger partial charge in [-0.3, -0.25) is 0 Å². The van der Waals surface area contributed by atoms with Gasteiger partial charge in [0.15, 0.2) is 0 Å². The van der Waals surface area contributed by atoms with Crippen LogP contribution in [0.4, 0.5) is 0 Å². The molecule has 2 aliphatic heterocycles. The van der Waals surface area contributed by atoms with Crippen LogP contribution < -0.4 is 0 Å². The maximum absolute atomic E-state index is 2.74. The van der Waals surface area contributed by atoms with Crippen molar-refractivity contribution in [2.75, 3.05) is 0 Å². The molecule has 16 heavy (non-hydrogen) atoms. The van der Waals surface area contributed by atoms with Gasteiger partial charge in [0, 0.05) is 17.4 Å². The lowest BCUT2D eigenvalue weighted by Gasteiger charge is -2.23. The van der Waals surface area contributed by atoms with Crippen LogP contribution in [0.25, 0.3) is 0 Å². The van der Waals surface area contributed by atoms with Gasteiger partial charge in [-0.05, 0) is 56.1 Å². The first-order valence-corrected chi connectivity index (χ1v) is 7.10. The molecule has 88 valence electrons. The molecule has 1 heteroatoms. The zero-order chi connectivity index (χ0) is 11.1. The Bertz CT molecular complexity index is 396. The van der Waals surface area contributed by atoms with Crippen molar-refractivity contribution in [2.45, 2.75) is 71.3 Å². The smallest absolute Gasteiger partial charge is 0.0340 e. The van der Waals surface area contributed by atoms with Gasteiger partial charge in [-0.15, -0.1) is 0 Å². The summed E-state index contributed by atoms with van der Waals surface area (Å²) in [5.41, 5.74) is 6.90. The number of nitrogens with zero attached hydrogens (tertiary/aromatic N) is 1. The van der Waals surface area contributed by atoms with Gasteiger partial charge < -0.3 is 4.57 Å². The third-order valence-electron chi connectivity index (χ3n) is 4.53. The van der Waals surface area contributed by atoms with E-state index in [9.17, 15) is 0 Å².